The second-order valence-electron chi connectivity index (χ2n) is 14.0. The van der Waals surface area contributed by atoms with Crippen LogP contribution in [0.15, 0.2) is 55.3 Å². The molecule has 49 heavy (non-hydrogen) atoms. The number of alkyl carbamates (subject to hydrolysis) is 1. The van der Waals surface area contributed by atoms with Crippen LogP contribution < -0.4 is 24.8 Å². The van der Waals surface area contributed by atoms with Gasteiger partial charge < -0.3 is 29.7 Å². The number of rotatable bonds is 6. The molecular weight excluding hydrogens is 654 g/mol. The minimum atomic E-state index is -3.89. The number of hydrogen-bond acceptors (Lipinski definition) is 10. The Morgan fingerprint density at radius 3 is 2.53 bits per heavy atom. The maximum Gasteiger partial charge on any atom is 0.408 e. The summed E-state index contributed by atoms with van der Waals surface area (Å²) in [4.78, 5) is 60.5. The van der Waals surface area contributed by atoms with E-state index < -0.39 is 74.1 Å². The standard InChI is InChI=1S/C34H41N5O9S/c1-5-21-18-34(21,31(42)38-49(44,45)24-10-11-24)37-28(40)26-17-23-19-39(26)30(41)27(33(2,3)4)36-32(43)47-15-7-6-14-46-22-9-8-20-12-13-35-29(48-23)25(20)16-22/h5-9,12-13,16,21,23-24,26-27H,1,10-11,14-15,17-19H2,2-4H3,(H,36,43)(H,37,40)(H,38,42)/b7-6+. The third-order valence-corrected chi connectivity index (χ3v) is 11.1. The van der Waals surface area contributed by atoms with Crippen molar-refractivity contribution in [1.82, 2.24) is 25.2 Å². The summed E-state index contributed by atoms with van der Waals surface area (Å²) < 4.78 is 44.9. The second-order valence-corrected chi connectivity index (χ2v) is 15.9. The van der Waals surface area contributed by atoms with Crippen LogP contribution in [0.5, 0.6) is 11.6 Å². The van der Waals surface area contributed by atoms with Crippen LogP contribution in [-0.4, -0.2) is 90.9 Å². The fraction of sp³-hybridized carbons (Fsp3) is 0.500. The molecule has 2 aliphatic heterocycles. The predicted octanol–water partition coefficient (Wildman–Crippen LogP) is 2.34. The highest BCUT2D eigenvalue weighted by atomic mass is 32.2. The zero-order valence-electron chi connectivity index (χ0n) is 27.6. The lowest BCUT2D eigenvalue weighted by atomic mass is 9.85. The Balaban J connectivity index is 1.33. The van der Waals surface area contributed by atoms with Crippen LogP contribution in [0.4, 0.5) is 4.79 Å². The summed E-state index contributed by atoms with van der Waals surface area (Å²) in [6.45, 7) is 9.17. The minimum absolute atomic E-state index is 0.0217. The van der Waals surface area contributed by atoms with E-state index in [9.17, 15) is 27.6 Å². The molecule has 0 radical (unpaired) electrons. The van der Waals surface area contributed by atoms with Gasteiger partial charge in [0.25, 0.3) is 5.91 Å². The molecule has 2 saturated carbocycles. The highest BCUT2D eigenvalue weighted by Gasteiger charge is 2.62. The summed E-state index contributed by atoms with van der Waals surface area (Å²) in [5.41, 5.74) is -2.36. The summed E-state index contributed by atoms with van der Waals surface area (Å²) in [5.74, 6) is -1.76. The van der Waals surface area contributed by atoms with Crippen molar-refractivity contribution in [1.29, 1.82) is 0 Å². The van der Waals surface area contributed by atoms with Crippen molar-refractivity contribution in [2.24, 2.45) is 11.3 Å². The number of nitrogens with one attached hydrogen (secondary N) is 3. The molecule has 5 unspecified atom stereocenters. The highest BCUT2D eigenvalue weighted by Crippen LogP contribution is 2.45. The van der Waals surface area contributed by atoms with E-state index in [1.807, 2.05) is 18.2 Å². The summed E-state index contributed by atoms with van der Waals surface area (Å²) >= 11 is 0. The molecule has 5 atom stereocenters. The van der Waals surface area contributed by atoms with Crippen molar-refractivity contribution in [2.75, 3.05) is 19.8 Å². The van der Waals surface area contributed by atoms with Gasteiger partial charge in [-0.2, -0.15) is 0 Å². The molecule has 3 heterocycles. The molecule has 4 bridgehead atoms. The molecule has 3 N–H and O–H groups in total. The highest BCUT2D eigenvalue weighted by molar-refractivity contribution is 7.91. The van der Waals surface area contributed by atoms with Crippen LogP contribution in [0.3, 0.4) is 0 Å². The Bertz CT molecular complexity index is 1820. The van der Waals surface area contributed by atoms with Crippen LogP contribution in [0.2, 0.25) is 0 Å². The number of pyridine rings is 1. The number of carbonyl (C=O) groups excluding carboxylic acids is 4. The fourth-order valence-electron chi connectivity index (χ4n) is 6.23. The minimum Gasteiger partial charge on any atom is -0.490 e. The molecule has 14 nitrogen and oxygen atoms in total. The third kappa shape index (κ3) is 7.21. The number of fused-ring (bicyclic) bond motifs is 3. The lowest BCUT2D eigenvalue weighted by Crippen LogP contribution is -2.60. The van der Waals surface area contributed by atoms with E-state index in [1.165, 1.54) is 11.0 Å². The van der Waals surface area contributed by atoms with Gasteiger partial charge in [0.05, 0.1) is 11.8 Å². The van der Waals surface area contributed by atoms with Crippen molar-refractivity contribution in [3.63, 3.8) is 0 Å². The summed E-state index contributed by atoms with van der Waals surface area (Å²) in [5, 5.41) is 6.30. The Labute approximate surface area is 284 Å². The lowest BCUT2D eigenvalue weighted by molar-refractivity contribution is -0.142. The van der Waals surface area contributed by atoms with E-state index in [4.69, 9.17) is 14.2 Å². The average Bonchev–Trinajstić information content (AvgIpc) is 3.97. The first-order valence-corrected chi connectivity index (χ1v) is 17.8. The molecule has 262 valence electrons. The fourth-order valence-corrected chi connectivity index (χ4v) is 7.60. The Morgan fingerprint density at radius 2 is 1.86 bits per heavy atom. The number of hydrogen-bond donors (Lipinski definition) is 3. The van der Waals surface area contributed by atoms with Gasteiger partial charge in [-0.3, -0.25) is 19.1 Å². The largest absolute Gasteiger partial charge is 0.490 e. The number of ether oxygens (including phenoxy) is 3. The van der Waals surface area contributed by atoms with Crippen molar-refractivity contribution in [2.45, 2.75) is 75.4 Å². The molecule has 6 rings (SSSR count). The van der Waals surface area contributed by atoms with Gasteiger partial charge in [0.15, 0.2) is 0 Å². The molecule has 4 amide bonds. The molecule has 2 aliphatic carbocycles. The van der Waals surface area contributed by atoms with Gasteiger partial charge in [0, 0.05) is 23.9 Å². The van der Waals surface area contributed by atoms with E-state index in [1.54, 1.807) is 45.2 Å². The van der Waals surface area contributed by atoms with Gasteiger partial charge in [-0.15, -0.1) is 6.58 Å². The van der Waals surface area contributed by atoms with E-state index in [0.717, 1.165) is 5.39 Å². The molecule has 1 saturated heterocycles. The Morgan fingerprint density at radius 1 is 1.12 bits per heavy atom. The smallest absolute Gasteiger partial charge is 0.408 e. The maximum absolute atomic E-state index is 14.3. The van der Waals surface area contributed by atoms with E-state index in [2.05, 4.69) is 26.9 Å². The number of cyclic esters (lactones) is 1. The van der Waals surface area contributed by atoms with E-state index >= 15 is 0 Å². The van der Waals surface area contributed by atoms with Crippen LogP contribution in [0, 0.1) is 11.3 Å². The van der Waals surface area contributed by atoms with Gasteiger partial charge >= 0.3 is 6.09 Å². The Kier molecular flexibility index (Phi) is 9.07. The quantitative estimate of drug-likeness (QED) is 0.380. The van der Waals surface area contributed by atoms with Gasteiger partial charge in [0.2, 0.25) is 27.7 Å². The first-order valence-electron chi connectivity index (χ1n) is 16.3. The maximum atomic E-state index is 14.3. The summed E-state index contributed by atoms with van der Waals surface area (Å²) in [6, 6.07) is 5.03. The second kappa shape index (κ2) is 13.0. The van der Waals surface area contributed by atoms with Crippen molar-refractivity contribution in [3.8, 4) is 11.6 Å². The third-order valence-electron chi connectivity index (χ3n) is 9.28. The topological polar surface area (TPSA) is 182 Å². The molecular formula is C34H41N5O9S. The van der Waals surface area contributed by atoms with Crippen LogP contribution >= 0.6 is 0 Å². The summed E-state index contributed by atoms with van der Waals surface area (Å²) in [7, 11) is -3.89. The van der Waals surface area contributed by atoms with E-state index in [0.29, 0.717) is 24.0 Å². The normalized spacial score (nSPS) is 28.2. The monoisotopic (exact) mass is 695 g/mol. The molecule has 4 aliphatic rings. The van der Waals surface area contributed by atoms with Crippen molar-refractivity contribution >= 4 is 44.6 Å². The zero-order chi connectivity index (χ0) is 35.1. The lowest BCUT2D eigenvalue weighted by Gasteiger charge is -2.35. The Hall–Kier alpha value is -4.66. The van der Waals surface area contributed by atoms with Gasteiger partial charge in [-0.05, 0) is 60.4 Å². The van der Waals surface area contributed by atoms with Crippen molar-refractivity contribution in [3.05, 3.63) is 55.3 Å². The molecule has 3 fully saturated rings. The molecule has 0 spiro atoms. The van der Waals surface area contributed by atoms with Crippen LogP contribution in [0.1, 0.15) is 46.5 Å². The number of nitrogens with zero attached hydrogens (tertiary/aromatic N) is 2. The molecule has 15 heteroatoms. The van der Waals surface area contributed by atoms with Gasteiger partial charge in [-0.25, -0.2) is 18.2 Å². The molecule has 1 aromatic carbocycles. The predicted molar refractivity (Wildman–Crippen MR) is 178 cm³/mol. The number of amides is 4. The first-order chi connectivity index (χ1) is 23.2. The number of sulfonamides is 1. The average molecular weight is 696 g/mol. The summed E-state index contributed by atoms with van der Waals surface area (Å²) in [6.07, 6.45) is 5.96. The van der Waals surface area contributed by atoms with Gasteiger partial charge in [-0.1, -0.05) is 32.9 Å². The van der Waals surface area contributed by atoms with Crippen LogP contribution in [-0.2, 0) is 29.1 Å². The van der Waals surface area contributed by atoms with E-state index in [-0.39, 0.29) is 38.5 Å². The SMILES string of the molecule is C=CC1CC1(NC(=O)C1CC2CN1C(=O)C(C(C)(C)C)NC(=O)OC/C=C/COc1ccc3ccnc(c3c1)O2)C(=O)NS(=O)(=O)C1CC1. The van der Waals surface area contributed by atoms with Gasteiger partial charge in [0.1, 0.15) is 42.7 Å². The first kappa shape index (κ1) is 34.2. The van der Waals surface area contributed by atoms with Crippen LogP contribution in [0.25, 0.3) is 10.8 Å². The van der Waals surface area contributed by atoms with Crippen molar-refractivity contribution < 1.29 is 41.8 Å². The number of benzene rings is 1. The number of aromatic nitrogens is 1. The number of carbonyl (C=O) groups is 4. The molecule has 1 aromatic heterocycles. The molecule has 2 aromatic rings. The zero-order valence-corrected chi connectivity index (χ0v) is 28.5.